The molecule has 0 spiro atoms. The fourth-order valence-corrected chi connectivity index (χ4v) is 3.08. The molecule has 2 aromatic carbocycles. The van der Waals surface area contributed by atoms with Crippen LogP contribution in [-0.2, 0) is 4.79 Å². The van der Waals surface area contributed by atoms with Crippen LogP contribution in [0.2, 0.25) is 10.0 Å². The fraction of sp³-hybridized carbons (Fsp3) is 0.150. The molecule has 0 unspecified atom stereocenters. The number of nitrogens with one attached hydrogen (secondary N) is 2. The lowest BCUT2D eigenvalue weighted by molar-refractivity contribution is -0.115. The van der Waals surface area contributed by atoms with E-state index in [4.69, 9.17) is 27.7 Å². The summed E-state index contributed by atoms with van der Waals surface area (Å²) in [7, 11) is 0. The third-order valence-corrected chi connectivity index (χ3v) is 4.75. The van der Waals surface area contributed by atoms with Gasteiger partial charge in [0.1, 0.15) is 22.8 Å². The molecule has 0 saturated heterocycles. The summed E-state index contributed by atoms with van der Waals surface area (Å²) in [5.41, 5.74) is 0.699. The lowest BCUT2D eigenvalue weighted by Crippen LogP contribution is -2.15. The van der Waals surface area contributed by atoms with Crippen LogP contribution in [0.3, 0.4) is 0 Å². The molecule has 0 bridgehead atoms. The molecule has 1 aromatic heterocycles. The van der Waals surface area contributed by atoms with E-state index in [0.717, 1.165) is 0 Å². The van der Waals surface area contributed by atoms with E-state index >= 15 is 0 Å². The highest BCUT2D eigenvalue weighted by molar-refractivity contribution is 6.34. The smallest absolute Gasteiger partial charge is 0.261 e. The second-order valence-corrected chi connectivity index (χ2v) is 6.92. The normalized spacial score (nSPS) is 10.7. The van der Waals surface area contributed by atoms with E-state index in [9.17, 15) is 14.0 Å². The van der Waals surface area contributed by atoms with E-state index in [0.29, 0.717) is 12.1 Å². The predicted octanol–water partition coefficient (Wildman–Crippen LogP) is 5.70. The van der Waals surface area contributed by atoms with Gasteiger partial charge in [-0.2, -0.15) is 0 Å². The SMILES string of the molecule is CCC(=O)Nc1ccc(Cl)c(NC(=O)c2c(-c3c(F)cccc3Cl)noc2C)c1. The number of aromatic nitrogens is 1. The molecule has 0 fully saturated rings. The van der Waals surface area contributed by atoms with Crippen molar-refractivity contribution in [2.75, 3.05) is 10.6 Å². The van der Waals surface area contributed by atoms with Crippen LogP contribution in [0.1, 0.15) is 29.5 Å². The number of hydrogen-bond donors (Lipinski definition) is 2. The maximum Gasteiger partial charge on any atom is 0.261 e. The van der Waals surface area contributed by atoms with Gasteiger partial charge >= 0.3 is 0 Å². The molecule has 0 aliphatic heterocycles. The highest BCUT2D eigenvalue weighted by Crippen LogP contribution is 2.34. The van der Waals surface area contributed by atoms with Gasteiger partial charge in [0.2, 0.25) is 5.91 Å². The van der Waals surface area contributed by atoms with E-state index in [1.54, 1.807) is 13.0 Å². The number of rotatable bonds is 5. The number of carbonyl (C=O) groups is 2. The van der Waals surface area contributed by atoms with Crippen molar-refractivity contribution < 1.29 is 18.5 Å². The number of nitrogens with zero attached hydrogens (tertiary/aromatic N) is 1. The Bertz CT molecular complexity index is 1080. The first-order chi connectivity index (χ1) is 13.8. The minimum Gasteiger partial charge on any atom is -0.360 e. The Hall–Kier alpha value is -2.90. The predicted molar refractivity (Wildman–Crippen MR) is 110 cm³/mol. The molecule has 150 valence electrons. The van der Waals surface area contributed by atoms with Gasteiger partial charge < -0.3 is 15.2 Å². The summed E-state index contributed by atoms with van der Waals surface area (Å²) in [6.07, 6.45) is 0.303. The quantitative estimate of drug-likeness (QED) is 0.538. The number of amides is 2. The zero-order valence-electron chi connectivity index (χ0n) is 15.5. The summed E-state index contributed by atoms with van der Waals surface area (Å²) in [5.74, 6) is -1.25. The van der Waals surface area contributed by atoms with Gasteiger partial charge in [0.15, 0.2) is 0 Å². The van der Waals surface area contributed by atoms with Crippen molar-refractivity contribution in [2.45, 2.75) is 20.3 Å². The zero-order valence-corrected chi connectivity index (χ0v) is 17.0. The Morgan fingerprint density at radius 1 is 1.14 bits per heavy atom. The molecular formula is C20H16Cl2FN3O3. The van der Waals surface area contributed by atoms with Gasteiger partial charge in [-0.25, -0.2) is 4.39 Å². The van der Waals surface area contributed by atoms with Crippen LogP contribution in [0.4, 0.5) is 15.8 Å². The van der Waals surface area contributed by atoms with Gasteiger partial charge in [0, 0.05) is 12.1 Å². The summed E-state index contributed by atoms with van der Waals surface area (Å²) >= 11 is 12.3. The Labute approximate surface area is 176 Å². The van der Waals surface area contributed by atoms with Gasteiger partial charge in [-0.05, 0) is 37.3 Å². The molecule has 0 aliphatic carbocycles. The van der Waals surface area contributed by atoms with Crippen LogP contribution in [0.15, 0.2) is 40.9 Å². The molecule has 3 aromatic rings. The van der Waals surface area contributed by atoms with E-state index in [1.165, 1.54) is 37.3 Å². The van der Waals surface area contributed by atoms with Crippen molar-refractivity contribution in [1.29, 1.82) is 0 Å². The highest BCUT2D eigenvalue weighted by Gasteiger charge is 2.26. The standard InChI is InChI=1S/C20H16Cl2FN3O3/c1-3-16(27)24-11-7-8-12(21)15(9-11)25-20(28)17-10(2)29-26-19(17)18-13(22)5-4-6-14(18)23/h4-9H,3H2,1-2H3,(H,24,27)(H,25,28). The van der Waals surface area contributed by atoms with Crippen molar-refractivity contribution in [2.24, 2.45) is 0 Å². The molecular weight excluding hydrogens is 420 g/mol. The van der Waals surface area contributed by atoms with E-state index < -0.39 is 11.7 Å². The number of benzene rings is 2. The molecule has 2 amide bonds. The largest absolute Gasteiger partial charge is 0.360 e. The molecule has 0 aliphatic rings. The lowest BCUT2D eigenvalue weighted by Gasteiger charge is -2.11. The van der Waals surface area contributed by atoms with Crippen LogP contribution in [-0.4, -0.2) is 17.0 Å². The van der Waals surface area contributed by atoms with Crippen LogP contribution in [0.25, 0.3) is 11.3 Å². The maximum atomic E-state index is 14.3. The Morgan fingerprint density at radius 2 is 1.90 bits per heavy atom. The zero-order chi connectivity index (χ0) is 21.1. The number of hydrogen-bond acceptors (Lipinski definition) is 4. The van der Waals surface area contributed by atoms with Crippen LogP contribution >= 0.6 is 23.2 Å². The average molecular weight is 436 g/mol. The Kier molecular flexibility index (Phi) is 6.20. The number of anilines is 2. The molecule has 2 N–H and O–H groups in total. The molecule has 1 heterocycles. The first-order valence-corrected chi connectivity index (χ1v) is 9.38. The third kappa shape index (κ3) is 4.41. The van der Waals surface area contributed by atoms with Crippen LogP contribution in [0.5, 0.6) is 0 Å². The monoisotopic (exact) mass is 435 g/mol. The summed E-state index contributed by atoms with van der Waals surface area (Å²) in [6, 6.07) is 8.82. The lowest BCUT2D eigenvalue weighted by atomic mass is 10.0. The second kappa shape index (κ2) is 8.63. The van der Waals surface area contributed by atoms with Crippen molar-refractivity contribution in [3.05, 3.63) is 63.6 Å². The van der Waals surface area contributed by atoms with E-state index in [1.807, 2.05) is 0 Å². The molecule has 29 heavy (non-hydrogen) atoms. The van der Waals surface area contributed by atoms with Gasteiger partial charge in [-0.15, -0.1) is 0 Å². The first-order valence-electron chi connectivity index (χ1n) is 8.63. The third-order valence-electron chi connectivity index (χ3n) is 4.11. The summed E-state index contributed by atoms with van der Waals surface area (Å²) < 4.78 is 19.4. The summed E-state index contributed by atoms with van der Waals surface area (Å²) in [5, 5.41) is 9.49. The molecule has 0 radical (unpaired) electrons. The molecule has 3 rings (SSSR count). The molecule has 9 heteroatoms. The van der Waals surface area contributed by atoms with Gasteiger partial charge in [-0.1, -0.05) is 41.3 Å². The second-order valence-electron chi connectivity index (χ2n) is 6.11. The Morgan fingerprint density at radius 3 is 2.59 bits per heavy atom. The minimum absolute atomic E-state index is 0.0188. The van der Waals surface area contributed by atoms with Crippen LogP contribution < -0.4 is 10.6 Å². The van der Waals surface area contributed by atoms with Gasteiger partial charge in [0.05, 0.1) is 21.3 Å². The maximum absolute atomic E-state index is 14.3. The van der Waals surface area contributed by atoms with Crippen molar-refractivity contribution in [3.63, 3.8) is 0 Å². The van der Waals surface area contributed by atoms with Gasteiger partial charge in [-0.3, -0.25) is 9.59 Å². The number of halogens is 3. The van der Waals surface area contributed by atoms with Crippen LogP contribution in [0, 0.1) is 12.7 Å². The molecule has 0 saturated carbocycles. The Balaban J connectivity index is 1.96. The van der Waals surface area contributed by atoms with E-state index in [2.05, 4.69) is 15.8 Å². The van der Waals surface area contributed by atoms with Crippen molar-refractivity contribution >= 4 is 46.4 Å². The summed E-state index contributed by atoms with van der Waals surface area (Å²) in [6.45, 7) is 3.25. The topological polar surface area (TPSA) is 84.2 Å². The fourth-order valence-electron chi connectivity index (χ4n) is 2.67. The minimum atomic E-state index is -0.637. The average Bonchev–Trinajstić information content (AvgIpc) is 3.05. The molecule has 6 nitrogen and oxygen atoms in total. The molecule has 0 atom stereocenters. The first kappa shape index (κ1) is 20.8. The van der Waals surface area contributed by atoms with E-state index in [-0.39, 0.29) is 44.2 Å². The summed E-state index contributed by atoms with van der Waals surface area (Å²) in [4.78, 5) is 24.5. The van der Waals surface area contributed by atoms with Crippen molar-refractivity contribution in [3.8, 4) is 11.3 Å². The number of carbonyl (C=O) groups excluding carboxylic acids is 2. The van der Waals surface area contributed by atoms with Crippen molar-refractivity contribution in [1.82, 2.24) is 5.16 Å². The highest BCUT2D eigenvalue weighted by atomic mass is 35.5. The van der Waals surface area contributed by atoms with Gasteiger partial charge in [0.25, 0.3) is 5.91 Å². The number of aryl methyl sites for hydroxylation is 1.